The number of hydrogen-bond donors (Lipinski definition) is 1. The van der Waals surface area contributed by atoms with Crippen molar-refractivity contribution in [1.29, 1.82) is 0 Å². The number of amides is 3. The quantitative estimate of drug-likeness (QED) is 0.216. The number of amidine groups is 1. The summed E-state index contributed by atoms with van der Waals surface area (Å²) in [6.07, 6.45) is -2.14. The number of carbonyl (C=O) groups excluding carboxylic acids is 2. The van der Waals surface area contributed by atoms with Crippen molar-refractivity contribution in [3.05, 3.63) is 90.0 Å². The SMILES string of the molecule is Cc1ccc(OC(C)(C)C)c(N2C(=O)CS/C2=N\C(=O)Nc2ccc(CCc3ncn(-c4ccc(OC(F)(F)F)cc4)n3)cc2)c1. The Kier molecular flexibility index (Phi) is 9.37. The number of halogens is 3. The zero-order chi connectivity index (χ0) is 33.1. The van der Waals surface area contributed by atoms with E-state index in [2.05, 4.69) is 25.1 Å². The summed E-state index contributed by atoms with van der Waals surface area (Å²) in [6, 6.07) is 17.5. The fourth-order valence-electron chi connectivity index (χ4n) is 4.49. The largest absolute Gasteiger partial charge is 0.573 e. The maximum atomic E-state index is 12.9. The van der Waals surface area contributed by atoms with Gasteiger partial charge in [-0.1, -0.05) is 30.0 Å². The Hall–Kier alpha value is -4.85. The number of nitrogens with zero attached hydrogens (tertiary/aromatic N) is 5. The predicted octanol–water partition coefficient (Wildman–Crippen LogP) is 7.10. The van der Waals surface area contributed by atoms with E-state index < -0.39 is 18.0 Å². The van der Waals surface area contributed by atoms with Gasteiger partial charge in [0.15, 0.2) is 11.0 Å². The van der Waals surface area contributed by atoms with Gasteiger partial charge in [-0.2, -0.15) is 10.1 Å². The smallest absolute Gasteiger partial charge is 0.486 e. The van der Waals surface area contributed by atoms with Crippen LogP contribution in [0.25, 0.3) is 5.69 Å². The first kappa shape index (κ1) is 32.5. The van der Waals surface area contributed by atoms with Gasteiger partial charge in [-0.05, 0) is 93.8 Å². The fraction of sp³-hybridized carbons (Fsp3) is 0.281. The first-order valence-corrected chi connectivity index (χ1v) is 15.2. The van der Waals surface area contributed by atoms with Crippen LogP contribution >= 0.6 is 11.8 Å². The van der Waals surface area contributed by atoms with Crippen LogP contribution in [0.4, 0.5) is 29.3 Å². The number of aryl methyl sites for hydroxylation is 3. The third-order valence-corrected chi connectivity index (χ3v) is 7.37. The summed E-state index contributed by atoms with van der Waals surface area (Å²) >= 11 is 1.18. The van der Waals surface area contributed by atoms with Crippen LogP contribution < -0.4 is 19.7 Å². The summed E-state index contributed by atoms with van der Waals surface area (Å²) in [5.74, 6) is 0.716. The van der Waals surface area contributed by atoms with Crippen molar-refractivity contribution in [3.63, 3.8) is 0 Å². The van der Waals surface area contributed by atoms with Crippen molar-refractivity contribution in [2.45, 2.75) is 52.5 Å². The fourth-order valence-corrected chi connectivity index (χ4v) is 5.34. The lowest BCUT2D eigenvalue weighted by Crippen LogP contribution is -2.32. The number of urea groups is 1. The van der Waals surface area contributed by atoms with Crippen LogP contribution in [0, 0.1) is 6.92 Å². The number of rotatable bonds is 8. The average Bonchev–Trinajstić information content (AvgIpc) is 3.59. The average molecular weight is 653 g/mol. The number of anilines is 2. The second kappa shape index (κ2) is 13.3. The zero-order valence-corrected chi connectivity index (χ0v) is 26.3. The molecular formula is C32H31F3N6O4S. The molecule has 10 nitrogen and oxygen atoms in total. The molecule has 46 heavy (non-hydrogen) atoms. The molecule has 0 atom stereocenters. The van der Waals surface area contributed by atoms with Crippen molar-refractivity contribution in [1.82, 2.24) is 14.8 Å². The van der Waals surface area contributed by atoms with Crippen molar-refractivity contribution in [3.8, 4) is 17.2 Å². The van der Waals surface area contributed by atoms with Gasteiger partial charge in [-0.25, -0.2) is 14.5 Å². The molecule has 0 radical (unpaired) electrons. The molecular weight excluding hydrogens is 621 g/mol. The number of hydrogen-bond acceptors (Lipinski definition) is 7. The van der Waals surface area contributed by atoms with E-state index in [0.29, 0.717) is 41.5 Å². The lowest BCUT2D eigenvalue weighted by Gasteiger charge is -2.26. The molecule has 1 aliphatic rings. The third kappa shape index (κ3) is 8.65. The molecule has 3 aromatic carbocycles. The molecule has 240 valence electrons. The molecule has 5 rings (SSSR count). The minimum absolute atomic E-state index is 0.153. The first-order chi connectivity index (χ1) is 21.7. The van der Waals surface area contributed by atoms with Crippen LogP contribution in [-0.2, 0) is 17.6 Å². The van der Waals surface area contributed by atoms with Crippen LogP contribution in [0.3, 0.4) is 0 Å². The number of benzene rings is 3. The number of carbonyl (C=O) groups is 2. The van der Waals surface area contributed by atoms with E-state index in [1.165, 1.54) is 51.9 Å². The maximum absolute atomic E-state index is 12.9. The highest BCUT2D eigenvalue weighted by Gasteiger charge is 2.33. The molecule has 14 heteroatoms. The van der Waals surface area contributed by atoms with Crippen LogP contribution in [-0.4, -0.2) is 49.6 Å². The Morgan fingerprint density at radius 3 is 2.39 bits per heavy atom. The van der Waals surface area contributed by atoms with Gasteiger partial charge in [0.25, 0.3) is 0 Å². The summed E-state index contributed by atoms with van der Waals surface area (Å²) in [7, 11) is 0. The van der Waals surface area contributed by atoms with Gasteiger partial charge in [0.2, 0.25) is 5.91 Å². The Morgan fingerprint density at radius 2 is 1.72 bits per heavy atom. The predicted molar refractivity (Wildman–Crippen MR) is 170 cm³/mol. The lowest BCUT2D eigenvalue weighted by atomic mass is 10.1. The molecule has 1 N–H and O–H groups in total. The highest BCUT2D eigenvalue weighted by molar-refractivity contribution is 8.15. The summed E-state index contributed by atoms with van der Waals surface area (Å²) in [4.78, 5) is 35.6. The van der Waals surface area contributed by atoms with Crippen LogP contribution in [0.15, 0.2) is 78.0 Å². The second-order valence-electron chi connectivity index (χ2n) is 11.4. The molecule has 1 saturated heterocycles. The Bertz CT molecular complexity index is 1750. The first-order valence-electron chi connectivity index (χ1n) is 14.2. The Labute approximate surface area is 267 Å². The molecule has 3 amide bonds. The number of aliphatic imine (C=N–C) groups is 1. The minimum atomic E-state index is -4.76. The van der Waals surface area contributed by atoms with Gasteiger partial charge in [-0.15, -0.1) is 13.2 Å². The van der Waals surface area contributed by atoms with Gasteiger partial charge in [0, 0.05) is 12.1 Å². The van der Waals surface area contributed by atoms with E-state index in [0.717, 1.165) is 11.1 Å². The van der Waals surface area contributed by atoms with E-state index >= 15 is 0 Å². The Balaban J connectivity index is 1.19. The standard InChI is InChI=1S/C32H31F3N6O4S/c1-20-5-15-26(45-31(2,3)4)25(17-20)41-28(42)18-46-30(41)38-29(43)37-22-9-6-21(7-10-22)8-16-27-36-19-40(39-27)23-11-13-24(14-12-23)44-32(33,34)35/h5-7,9-15,17,19H,8,16,18H2,1-4H3,(H,37,43)/b38-30-. The molecule has 0 unspecified atom stereocenters. The zero-order valence-electron chi connectivity index (χ0n) is 25.5. The molecule has 1 aliphatic heterocycles. The minimum Gasteiger partial charge on any atom is -0.486 e. The highest BCUT2D eigenvalue weighted by atomic mass is 32.2. The number of nitrogens with one attached hydrogen (secondary N) is 1. The summed E-state index contributed by atoms with van der Waals surface area (Å²) in [6.45, 7) is 7.67. The summed E-state index contributed by atoms with van der Waals surface area (Å²) < 4.78 is 48.6. The summed E-state index contributed by atoms with van der Waals surface area (Å²) in [5, 5.41) is 7.41. The maximum Gasteiger partial charge on any atom is 0.573 e. The van der Waals surface area contributed by atoms with E-state index in [1.54, 1.807) is 12.1 Å². The van der Waals surface area contributed by atoms with Gasteiger partial charge >= 0.3 is 12.4 Å². The van der Waals surface area contributed by atoms with Gasteiger partial charge in [-0.3, -0.25) is 9.69 Å². The molecule has 0 bridgehead atoms. The number of ether oxygens (including phenoxy) is 2. The highest BCUT2D eigenvalue weighted by Crippen LogP contribution is 2.37. The van der Waals surface area contributed by atoms with Gasteiger partial charge < -0.3 is 14.8 Å². The van der Waals surface area contributed by atoms with E-state index in [4.69, 9.17) is 4.74 Å². The molecule has 1 aromatic heterocycles. The summed E-state index contributed by atoms with van der Waals surface area (Å²) in [5.41, 5.74) is 3.02. The van der Waals surface area contributed by atoms with Crippen molar-refractivity contribution in [2.75, 3.05) is 16.0 Å². The second-order valence-corrected chi connectivity index (χ2v) is 12.3. The number of thioether (sulfide) groups is 1. The van der Waals surface area contributed by atoms with E-state index in [1.807, 2.05) is 58.0 Å². The molecule has 0 aliphatic carbocycles. The van der Waals surface area contributed by atoms with Crippen molar-refractivity contribution >= 4 is 40.2 Å². The van der Waals surface area contributed by atoms with Crippen molar-refractivity contribution in [2.24, 2.45) is 4.99 Å². The molecule has 2 heterocycles. The van der Waals surface area contributed by atoms with Gasteiger partial charge in [0.1, 0.15) is 23.4 Å². The topological polar surface area (TPSA) is 111 Å². The number of alkyl halides is 3. The van der Waals surface area contributed by atoms with Crippen LogP contribution in [0.2, 0.25) is 0 Å². The van der Waals surface area contributed by atoms with Gasteiger partial charge in [0.05, 0.1) is 17.1 Å². The molecule has 0 saturated carbocycles. The monoisotopic (exact) mass is 652 g/mol. The van der Waals surface area contributed by atoms with E-state index in [-0.39, 0.29) is 22.6 Å². The van der Waals surface area contributed by atoms with Crippen molar-refractivity contribution < 1.29 is 32.2 Å². The van der Waals surface area contributed by atoms with Crippen LogP contribution in [0.5, 0.6) is 11.5 Å². The van der Waals surface area contributed by atoms with E-state index in [9.17, 15) is 22.8 Å². The lowest BCUT2D eigenvalue weighted by molar-refractivity contribution is -0.274. The third-order valence-electron chi connectivity index (χ3n) is 6.45. The normalized spacial score (nSPS) is 14.5. The molecule has 1 fully saturated rings. The number of aromatic nitrogens is 3. The van der Waals surface area contributed by atoms with Crippen LogP contribution in [0.1, 0.15) is 37.7 Å². The molecule has 4 aromatic rings. The molecule has 0 spiro atoms. The Morgan fingerprint density at radius 1 is 1.00 bits per heavy atom.